The van der Waals surface area contributed by atoms with Crippen molar-refractivity contribution in [3.63, 3.8) is 0 Å². The van der Waals surface area contributed by atoms with E-state index in [1.54, 1.807) is 0 Å². The van der Waals surface area contributed by atoms with Crippen molar-refractivity contribution in [2.45, 2.75) is 66.3 Å². The molecule has 0 saturated heterocycles. The van der Waals surface area contributed by atoms with E-state index in [9.17, 15) is 4.79 Å². The van der Waals surface area contributed by atoms with Crippen LogP contribution in [0.2, 0.25) is 0 Å². The van der Waals surface area contributed by atoms with Crippen molar-refractivity contribution in [2.24, 2.45) is 5.92 Å². The first-order valence-electron chi connectivity index (χ1n) is 7.87. The highest BCUT2D eigenvalue weighted by atomic mass is 16.1. The van der Waals surface area contributed by atoms with Gasteiger partial charge in [-0.15, -0.1) is 0 Å². The zero-order chi connectivity index (χ0) is 15.0. The van der Waals surface area contributed by atoms with Gasteiger partial charge in [-0.05, 0) is 39.2 Å². The van der Waals surface area contributed by atoms with Crippen molar-refractivity contribution in [2.75, 3.05) is 6.54 Å². The van der Waals surface area contributed by atoms with Crippen LogP contribution in [0.5, 0.6) is 0 Å². The van der Waals surface area contributed by atoms with Gasteiger partial charge >= 0.3 is 0 Å². The lowest BCUT2D eigenvalue weighted by molar-refractivity contribution is -0.125. The Bertz CT molecular complexity index is 412. The molecule has 0 aliphatic heterocycles. The van der Waals surface area contributed by atoms with Gasteiger partial charge in [0, 0.05) is 24.7 Å². The first-order chi connectivity index (χ1) is 9.58. The van der Waals surface area contributed by atoms with Gasteiger partial charge in [0.1, 0.15) is 0 Å². The number of hydrogen-bond donors (Lipinski definition) is 1. The molecule has 1 atom stereocenters. The smallest absolute Gasteiger partial charge is 0.223 e. The van der Waals surface area contributed by atoms with E-state index < -0.39 is 0 Å². The van der Waals surface area contributed by atoms with E-state index in [4.69, 9.17) is 0 Å². The second-order valence-corrected chi connectivity index (χ2v) is 5.54. The zero-order valence-electron chi connectivity index (χ0n) is 13.4. The lowest BCUT2D eigenvalue weighted by Crippen LogP contribution is -2.31. The fourth-order valence-electron chi connectivity index (χ4n) is 2.46. The SMILES string of the molecule is CCCC[C@H](CC)C(=O)NCCCn1nc(C)cc1C. The van der Waals surface area contributed by atoms with E-state index in [-0.39, 0.29) is 11.8 Å². The maximum absolute atomic E-state index is 12.0. The number of carbonyl (C=O) groups excluding carboxylic acids is 1. The highest BCUT2D eigenvalue weighted by Gasteiger charge is 2.14. The molecule has 1 N–H and O–H groups in total. The second kappa shape index (κ2) is 8.77. The van der Waals surface area contributed by atoms with Crippen LogP contribution < -0.4 is 5.32 Å². The van der Waals surface area contributed by atoms with Crippen LogP contribution in [0.4, 0.5) is 0 Å². The van der Waals surface area contributed by atoms with Crippen LogP contribution in [0.1, 0.15) is 57.3 Å². The molecule has 0 aromatic carbocycles. The minimum Gasteiger partial charge on any atom is -0.356 e. The largest absolute Gasteiger partial charge is 0.356 e. The molecule has 1 aromatic rings. The Kier molecular flexibility index (Phi) is 7.34. The van der Waals surface area contributed by atoms with Crippen LogP contribution in [-0.2, 0) is 11.3 Å². The summed E-state index contributed by atoms with van der Waals surface area (Å²) in [5, 5.41) is 7.48. The van der Waals surface area contributed by atoms with E-state index in [0.717, 1.165) is 50.9 Å². The molecule has 1 aromatic heterocycles. The van der Waals surface area contributed by atoms with E-state index >= 15 is 0 Å². The highest BCUT2D eigenvalue weighted by molar-refractivity contribution is 5.78. The molecule has 20 heavy (non-hydrogen) atoms. The Morgan fingerprint density at radius 1 is 1.35 bits per heavy atom. The summed E-state index contributed by atoms with van der Waals surface area (Å²) in [6.07, 6.45) is 5.16. The van der Waals surface area contributed by atoms with E-state index in [2.05, 4.69) is 37.3 Å². The molecule has 4 nitrogen and oxygen atoms in total. The molecular weight excluding hydrogens is 250 g/mol. The van der Waals surface area contributed by atoms with Crippen molar-refractivity contribution in [3.8, 4) is 0 Å². The Hall–Kier alpha value is -1.32. The summed E-state index contributed by atoms with van der Waals surface area (Å²) in [5.74, 6) is 0.401. The summed E-state index contributed by atoms with van der Waals surface area (Å²) >= 11 is 0. The average molecular weight is 279 g/mol. The van der Waals surface area contributed by atoms with Crippen LogP contribution in [0.3, 0.4) is 0 Å². The number of hydrogen-bond acceptors (Lipinski definition) is 2. The Morgan fingerprint density at radius 3 is 2.65 bits per heavy atom. The summed E-state index contributed by atoms with van der Waals surface area (Å²) in [6, 6.07) is 2.08. The molecule has 0 fully saturated rings. The highest BCUT2D eigenvalue weighted by Crippen LogP contribution is 2.12. The van der Waals surface area contributed by atoms with Crippen LogP contribution in [0, 0.1) is 19.8 Å². The summed E-state index contributed by atoms with van der Waals surface area (Å²) in [4.78, 5) is 12.0. The van der Waals surface area contributed by atoms with Crippen LogP contribution in [0.15, 0.2) is 6.07 Å². The van der Waals surface area contributed by atoms with Gasteiger partial charge in [0.2, 0.25) is 5.91 Å². The van der Waals surface area contributed by atoms with Gasteiger partial charge in [-0.1, -0.05) is 26.7 Å². The topological polar surface area (TPSA) is 46.9 Å². The molecule has 1 heterocycles. The number of aryl methyl sites for hydroxylation is 3. The van der Waals surface area contributed by atoms with E-state index in [0.29, 0.717) is 0 Å². The molecular formula is C16H29N3O. The van der Waals surface area contributed by atoms with Gasteiger partial charge in [-0.2, -0.15) is 5.10 Å². The molecule has 0 saturated carbocycles. The van der Waals surface area contributed by atoms with Gasteiger partial charge in [0.05, 0.1) is 5.69 Å². The number of nitrogens with one attached hydrogen (secondary N) is 1. The quantitative estimate of drug-likeness (QED) is 0.705. The summed E-state index contributed by atoms with van der Waals surface area (Å²) in [5.41, 5.74) is 2.24. The first kappa shape index (κ1) is 16.7. The number of unbranched alkanes of at least 4 members (excludes halogenated alkanes) is 1. The Balaban J connectivity index is 2.26. The molecule has 0 aliphatic carbocycles. The van der Waals surface area contributed by atoms with Crippen molar-refractivity contribution in [1.29, 1.82) is 0 Å². The lowest BCUT2D eigenvalue weighted by Gasteiger charge is -2.14. The number of amides is 1. The number of carbonyl (C=O) groups is 1. The normalized spacial score (nSPS) is 12.4. The third-order valence-corrected chi connectivity index (χ3v) is 3.72. The molecule has 1 amide bonds. The van der Waals surface area contributed by atoms with Gasteiger partial charge in [0.15, 0.2) is 0 Å². The molecule has 0 aliphatic rings. The first-order valence-corrected chi connectivity index (χ1v) is 7.87. The fraction of sp³-hybridized carbons (Fsp3) is 0.750. The van der Waals surface area contributed by atoms with Crippen molar-refractivity contribution in [1.82, 2.24) is 15.1 Å². The summed E-state index contributed by atoms with van der Waals surface area (Å²) in [7, 11) is 0. The molecule has 4 heteroatoms. The van der Waals surface area contributed by atoms with Crippen molar-refractivity contribution >= 4 is 5.91 Å². The van der Waals surface area contributed by atoms with Crippen LogP contribution in [0.25, 0.3) is 0 Å². The van der Waals surface area contributed by atoms with Gasteiger partial charge in [-0.3, -0.25) is 9.48 Å². The minimum atomic E-state index is 0.184. The average Bonchev–Trinajstić information content (AvgIpc) is 2.74. The molecule has 114 valence electrons. The predicted molar refractivity (Wildman–Crippen MR) is 82.6 cm³/mol. The maximum atomic E-state index is 12.0. The van der Waals surface area contributed by atoms with Crippen LogP contribution >= 0.6 is 0 Å². The predicted octanol–water partition coefficient (Wildman–Crippen LogP) is 3.22. The van der Waals surface area contributed by atoms with Crippen molar-refractivity contribution in [3.05, 3.63) is 17.5 Å². The van der Waals surface area contributed by atoms with E-state index in [1.165, 1.54) is 5.69 Å². The summed E-state index contributed by atoms with van der Waals surface area (Å²) < 4.78 is 2.01. The third kappa shape index (κ3) is 5.35. The van der Waals surface area contributed by atoms with E-state index in [1.807, 2.05) is 11.6 Å². The molecule has 0 radical (unpaired) electrons. The number of aromatic nitrogens is 2. The molecule has 0 spiro atoms. The van der Waals surface area contributed by atoms with Gasteiger partial charge in [0.25, 0.3) is 0 Å². The van der Waals surface area contributed by atoms with Gasteiger partial charge in [-0.25, -0.2) is 0 Å². The third-order valence-electron chi connectivity index (χ3n) is 3.72. The second-order valence-electron chi connectivity index (χ2n) is 5.54. The Morgan fingerprint density at radius 2 is 2.10 bits per heavy atom. The monoisotopic (exact) mass is 279 g/mol. The standard InChI is InChI=1S/C16H29N3O/c1-5-7-9-15(6-2)16(20)17-10-8-11-19-14(4)12-13(3)18-19/h12,15H,5-11H2,1-4H3,(H,17,20)/t15-/m0/s1. The molecule has 1 rings (SSSR count). The molecule has 0 unspecified atom stereocenters. The lowest BCUT2D eigenvalue weighted by atomic mass is 9.98. The molecule has 0 bridgehead atoms. The van der Waals surface area contributed by atoms with Crippen LogP contribution in [-0.4, -0.2) is 22.2 Å². The maximum Gasteiger partial charge on any atom is 0.223 e. The summed E-state index contributed by atoms with van der Waals surface area (Å²) in [6.45, 7) is 9.93. The Labute approximate surface area is 122 Å². The zero-order valence-corrected chi connectivity index (χ0v) is 13.4. The fourth-order valence-corrected chi connectivity index (χ4v) is 2.46. The van der Waals surface area contributed by atoms with Crippen molar-refractivity contribution < 1.29 is 4.79 Å². The number of rotatable bonds is 9. The number of nitrogens with zero attached hydrogens (tertiary/aromatic N) is 2. The van der Waals surface area contributed by atoms with Gasteiger partial charge < -0.3 is 5.32 Å². The minimum absolute atomic E-state index is 0.184.